The highest BCUT2D eigenvalue weighted by Gasteiger charge is 2.57. The first-order chi connectivity index (χ1) is 33.4. The summed E-state index contributed by atoms with van der Waals surface area (Å²) in [7, 11) is 4.62. The van der Waals surface area contributed by atoms with Crippen molar-refractivity contribution < 1.29 is 62.9 Å². The fraction of sp³-hybridized carbons (Fsp3) is 0.673. The number of piperidine rings is 1. The van der Waals surface area contributed by atoms with E-state index in [0.717, 1.165) is 36.0 Å². The van der Waals surface area contributed by atoms with Gasteiger partial charge in [0.2, 0.25) is 5.79 Å². The van der Waals surface area contributed by atoms with Gasteiger partial charge in [-0.25, -0.2) is 4.79 Å². The summed E-state index contributed by atoms with van der Waals surface area (Å²) in [5.74, 6) is -8.07. The molecule has 15 nitrogen and oxygen atoms in total. The summed E-state index contributed by atoms with van der Waals surface area (Å²) in [5, 5.41) is 36.9. The molecule has 15 heteroatoms. The van der Waals surface area contributed by atoms with E-state index in [4.69, 9.17) is 28.4 Å². The molecule has 2 saturated heterocycles. The molecule has 1 amide bonds. The average Bonchev–Trinajstić information content (AvgIpc) is 3.75. The third kappa shape index (κ3) is 12.3. The molecule has 1 aliphatic carbocycles. The summed E-state index contributed by atoms with van der Waals surface area (Å²) >= 11 is 0. The highest BCUT2D eigenvalue weighted by Crippen LogP contribution is 2.40. The number of methoxy groups -OCH3 is 3. The van der Waals surface area contributed by atoms with Gasteiger partial charge in [-0.2, -0.15) is 0 Å². The number of aromatic nitrogens is 1. The van der Waals surface area contributed by atoms with E-state index in [9.17, 15) is 34.5 Å². The number of amides is 1. The first-order valence-corrected chi connectivity index (χ1v) is 25.6. The minimum atomic E-state index is -2.59. The van der Waals surface area contributed by atoms with Crippen LogP contribution in [0.3, 0.4) is 0 Å². The summed E-state index contributed by atoms with van der Waals surface area (Å²) < 4.78 is 39.2. The molecule has 1 aromatic carbocycles. The number of cyclic esters (lactones) is 1. The van der Waals surface area contributed by atoms with Crippen molar-refractivity contribution in [1.82, 2.24) is 9.47 Å². The minimum Gasteiger partial charge on any atom is -0.488 e. The summed E-state index contributed by atoms with van der Waals surface area (Å²) in [6.45, 7) is 15.8. The number of Topliss-reactive ketones (excluding diaryl/α,β-unsaturated/α-hetero) is 2. The van der Waals surface area contributed by atoms with Gasteiger partial charge in [-0.3, -0.25) is 14.4 Å². The van der Waals surface area contributed by atoms with Crippen molar-refractivity contribution in [3.05, 3.63) is 66.4 Å². The number of hydrogen-bond donors (Lipinski definition) is 3. The number of aryl methyl sites for hydroxylation is 1. The predicted octanol–water partition coefficient (Wildman–Crippen LogP) is 7.06. The zero-order valence-electron chi connectivity index (χ0n) is 42.9. The number of allylic oxidation sites excluding steroid dienone is 3. The summed E-state index contributed by atoms with van der Waals surface area (Å²) in [6.07, 6.45) is 5.84. The topological polar surface area (TPSA) is 193 Å². The maximum Gasteiger partial charge on any atom is 0.329 e. The van der Waals surface area contributed by atoms with Crippen LogP contribution in [0.15, 0.2) is 66.4 Å². The Hall–Kier alpha value is -4.22. The summed E-state index contributed by atoms with van der Waals surface area (Å²) in [5.41, 5.74) is 2.33. The first kappa shape index (κ1) is 55.1. The molecule has 6 rings (SSSR count). The number of carbonyl (C=O) groups is 4. The number of fused-ring (bicyclic) bond motifs is 4. The second-order valence-electron chi connectivity index (χ2n) is 20.6. The molecule has 4 aliphatic rings. The molecule has 15 atom stereocenters. The Morgan fingerprint density at radius 2 is 1.64 bits per heavy atom. The Balaban J connectivity index is 1.31. The number of ether oxygens (including phenoxy) is 6. The van der Waals surface area contributed by atoms with Gasteiger partial charge in [0.1, 0.15) is 35.9 Å². The number of aliphatic hydroxyl groups is 3. The number of rotatable bonds is 11. The number of nitrogens with zero attached hydrogens (tertiary/aromatic N) is 2. The van der Waals surface area contributed by atoms with Crippen LogP contribution in [0.4, 0.5) is 0 Å². The monoisotopic (exact) mass is 977 g/mol. The summed E-state index contributed by atoms with van der Waals surface area (Å²) in [4.78, 5) is 58.8. The molecule has 15 unspecified atom stereocenters. The van der Waals surface area contributed by atoms with Crippen LogP contribution in [0.2, 0.25) is 0 Å². The Kier molecular flexibility index (Phi) is 19.3. The van der Waals surface area contributed by atoms with Crippen LogP contribution in [0.1, 0.15) is 112 Å². The second kappa shape index (κ2) is 24.5. The molecule has 3 fully saturated rings. The van der Waals surface area contributed by atoms with Gasteiger partial charge in [0.25, 0.3) is 11.7 Å². The van der Waals surface area contributed by atoms with E-state index in [1.165, 1.54) is 19.1 Å². The number of ketones is 2. The Morgan fingerprint density at radius 3 is 2.33 bits per heavy atom. The smallest absolute Gasteiger partial charge is 0.329 e. The molecule has 0 radical (unpaired) electrons. The molecule has 2 aromatic rings. The molecule has 70 heavy (non-hydrogen) atoms. The van der Waals surface area contributed by atoms with Crippen molar-refractivity contribution in [2.24, 2.45) is 29.6 Å². The number of esters is 1. The molecule has 0 spiro atoms. The van der Waals surface area contributed by atoms with Crippen molar-refractivity contribution in [3.8, 4) is 5.75 Å². The number of benzene rings is 1. The number of hydrogen-bond acceptors (Lipinski definition) is 13. The quantitative estimate of drug-likeness (QED) is 0.118. The van der Waals surface area contributed by atoms with Crippen LogP contribution in [0, 0.1) is 29.6 Å². The van der Waals surface area contributed by atoms with E-state index in [2.05, 4.69) is 42.5 Å². The van der Waals surface area contributed by atoms with Crippen molar-refractivity contribution in [2.45, 2.75) is 179 Å². The SMILES string of the molecule is C=CCC1/C=C(\C)C(O)C(C)CC(OC)C2OC(O)(C(=O)C(=O)N3CCCCC3C(=O)OC(C(C)=CC3CCC(Oc4ccc5c(ccn5CCC)c4)C(OC)C3)C(C)C(O)CC1=O)C(C)CC2OC. The fourth-order valence-electron chi connectivity index (χ4n) is 11.3. The van der Waals surface area contributed by atoms with Gasteiger partial charge in [-0.05, 0) is 125 Å². The van der Waals surface area contributed by atoms with E-state index in [1.54, 1.807) is 40.0 Å². The third-order valence-corrected chi connectivity index (χ3v) is 15.6. The molecule has 388 valence electrons. The lowest BCUT2D eigenvalue weighted by atomic mass is 9.81. The largest absolute Gasteiger partial charge is 0.488 e. The second-order valence-corrected chi connectivity index (χ2v) is 20.6. The Bertz CT molecular complexity index is 2200. The van der Waals surface area contributed by atoms with E-state index in [1.807, 2.05) is 26.0 Å². The number of aliphatic hydroxyl groups excluding tert-OH is 2. The molecule has 1 aromatic heterocycles. The minimum absolute atomic E-state index is 0.0214. The van der Waals surface area contributed by atoms with E-state index >= 15 is 0 Å². The van der Waals surface area contributed by atoms with Crippen LogP contribution in [0.5, 0.6) is 5.75 Å². The van der Waals surface area contributed by atoms with E-state index < -0.39 is 89.8 Å². The zero-order chi connectivity index (χ0) is 51.0. The van der Waals surface area contributed by atoms with E-state index in [-0.39, 0.29) is 62.6 Å². The van der Waals surface area contributed by atoms with Crippen LogP contribution in [-0.4, -0.2) is 137 Å². The van der Waals surface area contributed by atoms with Crippen molar-refractivity contribution in [2.75, 3.05) is 27.9 Å². The normalized spacial score (nSPS) is 36.7. The zero-order valence-corrected chi connectivity index (χ0v) is 42.9. The van der Waals surface area contributed by atoms with Crippen LogP contribution >= 0.6 is 0 Å². The van der Waals surface area contributed by atoms with Crippen molar-refractivity contribution in [3.63, 3.8) is 0 Å². The van der Waals surface area contributed by atoms with Gasteiger partial charge in [0.05, 0.1) is 30.5 Å². The maximum absolute atomic E-state index is 14.6. The van der Waals surface area contributed by atoms with Gasteiger partial charge in [0, 0.05) is 75.7 Å². The lowest BCUT2D eigenvalue weighted by Crippen LogP contribution is -2.64. The van der Waals surface area contributed by atoms with Gasteiger partial charge in [-0.15, -0.1) is 6.58 Å². The molecule has 3 N–H and O–H groups in total. The molecule has 4 heterocycles. The standard InChI is InChI=1S/C55H80N2O13/c1-11-15-39-26-32(3)49(60)33(4)27-47(66-9)51-48(67-10)28-35(6)55(64,70-51)52(61)53(62)57-23-14-13-16-42(57)54(63)69-50(36(7)43(58)31-44(39)59)34(5)25-37-17-20-45(46(29-37)65-8)68-40-18-19-41-38(30-40)21-24-56(41)22-12-2/h11,18-19,21,24-26,30,33,35-37,39,42-43,45-51,58,60,64H,1,12-17,20,22-23,27-29,31H2,2-10H3/b32-26+,34-25?. The maximum atomic E-state index is 14.6. The molecule has 3 aliphatic heterocycles. The molecule has 1 saturated carbocycles. The average molecular weight is 977 g/mol. The van der Waals surface area contributed by atoms with Gasteiger partial charge >= 0.3 is 5.97 Å². The fourth-order valence-corrected chi connectivity index (χ4v) is 11.3. The lowest BCUT2D eigenvalue weighted by molar-refractivity contribution is -0.302. The van der Waals surface area contributed by atoms with Crippen molar-refractivity contribution >= 4 is 34.3 Å². The molecule has 2 bridgehead atoms. The highest BCUT2D eigenvalue weighted by atomic mass is 16.7. The van der Waals surface area contributed by atoms with Gasteiger partial charge in [-0.1, -0.05) is 45.9 Å². The van der Waals surface area contributed by atoms with Gasteiger partial charge < -0.3 is 53.2 Å². The summed E-state index contributed by atoms with van der Waals surface area (Å²) in [6, 6.07) is 7.07. The molecular formula is C55H80N2O13. The lowest BCUT2D eigenvalue weighted by Gasteiger charge is -2.47. The third-order valence-electron chi connectivity index (χ3n) is 15.6. The van der Waals surface area contributed by atoms with Crippen LogP contribution in [0.25, 0.3) is 10.9 Å². The Morgan fingerprint density at radius 1 is 0.929 bits per heavy atom. The van der Waals surface area contributed by atoms with Crippen LogP contribution in [-0.2, 0) is 49.4 Å². The highest BCUT2D eigenvalue weighted by molar-refractivity contribution is 6.39. The van der Waals surface area contributed by atoms with Crippen LogP contribution < -0.4 is 4.74 Å². The predicted molar refractivity (Wildman–Crippen MR) is 265 cm³/mol. The first-order valence-electron chi connectivity index (χ1n) is 25.6. The Labute approximate surface area is 414 Å². The van der Waals surface area contributed by atoms with E-state index in [0.29, 0.717) is 36.8 Å². The molecular weight excluding hydrogens is 897 g/mol. The van der Waals surface area contributed by atoms with Crippen molar-refractivity contribution in [1.29, 1.82) is 0 Å². The number of carbonyl (C=O) groups excluding carboxylic acids is 4. The van der Waals surface area contributed by atoms with Gasteiger partial charge in [0.15, 0.2) is 0 Å².